The van der Waals surface area contributed by atoms with Gasteiger partial charge < -0.3 is 15.7 Å². The van der Waals surface area contributed by atoms with Crippen LogP contribution >= 0.6 is 0 Å². The summed E-state index contributed by atoms with van der Waals surface area (Å²) in [5.41, 5.74) is 1.36. The summed E-state index contributed by atoms with van der Waals surface area (Å²) in [4.78, 5) is 17.7. The molecule has 0 unspecified atom stereocenters. The number of phenolic OH excluding ortho intramolecular Hbond substituents is 1. The lowest BCUT2D eigenvalue weighted by atomic mass is 9.75. The van der Waals surface area contributed by atoms with Crippen molar-refractivity contribution in [3.63, 3.8) is 0 Å². The van der Waals surface area contributed by atoms with Crippen LogP contribution in [0.5, 0.6) is 5.75 Å². The van der Waals surface area contributed by atoms with Crippen molar-refractivity contribution in [2.45, 2.75) is 64.9 Å². The van der Waals surface area contributed by atoms with Gasteiger partial charge in [-0.1, -0.05) is 51.5 Å². The van der Waals surface area contributed by atoms with Crippen molar-refractivity contribution in [1.29, 1.82) is 0 Å². The van der Waals surface area contributed by atoms with Gasteiger partial charge in [0.2, 0.25) is 0 Å². The number of carbonyl (C=O) groups is 1. The van der Waals surface area contributed by atoms with Crippen molar-refractivity contribution < 1.29 is 23.1 Å². The summed E-state index contributed by atoms with van der Waals surface area (Å²) < 4.78 is 36.4. The Hall–Kier alpha value is -4.45. The zero-order chi connectivity index (χ0) is 32.5. The molecule has 238 valence electrons. The number of phenols is 1. The molecule has 3 atom stereocenters. The Morgan fingerprint density at radius 2 is 1.76 bits per heavy atom. The first kappa shape index (κ1) is 32.0. The van der Waals surface area contributed by atoms with Crippen molar-refractivity contribution in [3.05, 3.63) is 72.2 Å². The van der Waals surface area contributed by atoms with Gasteiger partial charge in [0.1, 0.15) is 24.2 Å². The number of hydrogen-bond acceptors (Lipinski definition) is 9. The number of fused-ring (bicyclic) bond motifs is 1. The number of nitrogens with two attached hydrogens (primary N) is 1. The van der Waals surface area contributed by atoms with E-state index >= 15 is 0 Å². The number of carbonyl (C=O) groups excluding carboxylic acids is 1. The zero-order valence-corrected chi connectivity index (χ0v) is 27.0. The first-order chi connectivity index (χ1) is 21.4. The molecule has 1 aromatic heterocycles. The summed E-state index contributed by atoms with van der Waals surface area (Å²) in [6.45, 7) is 9.14. The van der Waals surface area contributed by atoms with Crippen molar-refractivity contribution >= 4 is 44.0 Å². The van der Waals surface area contributed by atoms with Crippen molar-refractivity contribution in [3.8, 4) is 5.75 Å². The number of nitrogens with zero attached hydrogens (tertiary/aromatic N) is 5. The van der Waals surface area contributed by atoms with Crippen LogP contribution in [0.1, 0.15) is 51.6 Å². The fourth-order valence-corrected chi connectivity index (χ4v) is 7.41. The molecular formula is C33H40N6O5S. The molecule has 5 rings (SSSR count). The van der Waals surface area contributed by atoms with Gasteiger partial charge in [-0.2, -0.15) is 5.11 Å². The third kappa shape index (κ3) is 6.65. The molecule has 1 fully saturated rings. The highest BCUT2D eigenvalue weighted by Gasteiger charge is 2.36. The number of benzene rings is 3. The minimum Gasteiger partial charge on any atom is -0.507 e. The monoisotopic (exact) mass is 632 g/mol. The van der Waals surface area contributed by atoms with Crippen LogP contribution in [0.15, 0.2) is 75.8 Å². The minimum atomic E-state index is -4.27. The van der Waals surface area contributed by atoms with E-state index in [1.54, 1.807) is 32.0 Å². The second-order valence-corrected chi connectivity index (χ2v) is 14.0. The highest BCUT2D eigenvalue weighted by atomic mass is 32.2. The molecule has 1 heterocycles. The van der Waals surface area contributed by atoms with Gasteiger partial charge in [0.15, 0.2) is 5.82 Å². The Bertz CT molecular complexity index is 1830. The molecule has 3 aromatic carbocycles. The highest BCUT2D eigenvalue weighted by molar-refractivity contribution is 7.92. The number of aromatic hydroxyl groups is 1. The quantitative estimate of drug-likeness (QED) is 0.118. The van der Waals surface area contributed by atoms with Crippen molar-refractivity contribution in [2.75, 3.05) is 16.7 Å². The molecule has 1 aliphatic rings. The lowest BCUT2D eigenvalue weighted by molar-refractivity contribution is -0.153. The molecule has 0 saturated heterocycles. The molecule has 1 saturated carbocycles. The van der Waals surface area contributed by atoms with Crippen molar-refractivity contribution in [1.82, 2.24) is 9.66 Å². The van der Waals surface area contributed by atoms with Gasteiger partial charge in [-0.05, 0) is 80.8 Å². The second kappa shape index (κ2) is 12.9. The first-order valence-electron chi connectivity index (χ1n) is 15.1. The van der Waals surface area contributed by atoms with Gasteiger partial charge in [-0.15, -0.1) is 5.11 Å². The van der Waals surface area contributed by atoms with Gasteiger partial charge in [0, 0.05) is 10.8 Å². The summed E-state index contributed by atoms with van der Waals surface area (Å²) >= 11 is 0. The predicted octanol–water partition coefficient (Wildman–Crippen LogP) is 6.69. The van der Waals surface area contributed by atoms with E-state index in [1.807, 2.05) is 18.2 Å². The third-order valence-corrected chi connectivity index (χ3v) is 10.4. The zero-order valence-electron chi connectivity index (χ0n) is 26.2. The van der Waals surface area contributed by atoms with Crippen molar-refractivity contribution in [2.24, 2.45) is 28.0 Å². The highest BCUT2D eigenvalue weighted by Crippen LogP contribution is 2.36. The third-order valence-electron chi connectivity index (χ3n) is 8.63. The normalized spacial score (nSPS) is 18.9. The van der Waals surface area contributed by atoms with Gasteiger partial charge in [-0.3, -0.25) is 4.79 Å². The molecule has 0 radical (unpaired) electrons. The number of imidazole rings is 1. The van der Waals surface area contributed by atoms with Gasteiger partial charge >= 0.3 is 5.97 Å². The molecule has 45 heavy (non-hydrogen) atoms. The molecule has 1 aliphatic carbocycles. The van der Waals surface area contributed by atoms with E-state index in [1.165, 1.54) is 28.9 Å². The molecule has 12 heteroatoms. The molecule has 0 bridgehead atoms. The Morgan fingerprint density at radius 3 is 2.40 bits per heavy atom. The smallest absolute Gasteiger partial charge is 0.327 e. The summed E-state index contributed by atoms with van der Waals surface area (Å²) in [6, 6.07) is 16.4. The summed E-state index contributed by atoms with van der Waals surface area (Å²) in [7, 11) is -4.27. The molecule has 0 amide bonds. The maximum Gasteiger partial charge on any atom is 0.327 e. The van der Waals surface area contributed by atoms with E-state index in [0.717, 1.165) is 29.0 Å². The van der Waals surface area contributed by atoms with Crippen LogP contribution in [-0.4, -0.2) is 41.8 Å². The number of rotatable bonds is 9. The number of ether oxygens (including phenoxy) is 1. The van der Waals surface area contributed by atoms with E-state index in [9.17, 15) is 18.3 Å². The van der Waals surface area contributed by atoms with Crippen LogP contribution in [0, 0.1) is 31.6 Å². The number of aromatic nitrogens is 2. The Kier molecular flexibility index (Phi) is 9.15. The molecule has 4 aromatic rings. The molecule has 0 spiro atoms. The SMILES string of the molecule is Cc1nc(N(CC(=O)O[C@@H]2C[C@H](C)CC[C@@H]2C(C)C)S(=O)(=O)c2ccc(N=Nc3ccc(O)c4ccccc34)cc2)c(C)n1N. The summed E-state index contributed by atoms with van der Waals surface area (Å²) in [5, 5.41) is 20.1. The molecule has 11 nitrogen and oxygen atoms in total. The van der Waals surface area contributed by atoms with E-state index in [2.05, 4.69) is 36.0 Å². The van der Waals surface area contributed by atoms with Crippen LogP contribution in [0.4, 0.5) is 17.2 Å². The maximum absolute atomic E-state index is 14.1. The molecule has 0 aliphatic heterocycles. The van der Waals surface area contributed by atoms with E-state index < -0.39 is 22.5 Å². The fourth-order valence-electron chi connectivity index (χ4n) is 6.00. The average molecular weight is 633 g/mol. The Morgan fingerprint density at radius 1 is 1.07 bits per heavy atom. The lowest BCUT2D eigenvalue weighted by Crippen LogP contribution is -2.41. The molecule has 3 N–H and O–H groups in total. The van der Waals surface area contributed by atoms with Crippen LogP contribution in [0.25, 0.3) is 10.8 Å². The number of hydrogen-bond donors (Lipinski definition) is 2. The van der Waals surface area contributed by atoms with E-state index in [0.29, 0.717) is 40.1 Å². The number of sulfonamides is 1. The fraction of sp³-hybridized carbons (Fsp3) is 0.394. The lowest BCUT2D eigenvalue weighted by Gasteiger charge is -2.37. The van der Waals surface area contributed by atoms with Gasteiger partial charge in [-0.25, -0.2) is 22.4 Å². The standard InChI is InChI=1S/C33H40N6O5S/c1-20(2)26-15-10-21(3)18-31(26)44-32(41)19-38(33-22(4)39(34)23(5)35-33)45(42,43)25-13-11-24(12-14-25)36-37-29-16-17-30(40)28-9-7-6-8-27(28)29/h6-9,11-14,16-17,20-21,26,31,40H,10,15,18-19,34H2,1-5H3/t21-,26-,31-/m1/s1. The van der Waals surface area contributed by atoms with Crippen LogP contribution < -0.4 is 10.1 Å². The second-order valence-electron chi connectivity index (χ2n) is 12.1. The summed E-state index contributed by atoms with van der Waals surface area (Å²) in [5.74, 6) is 7.01. The van der Waals surface area contributed by atoms with Gasteiger partial charge in [0.25, 0.3) is 10.0 Å². The van der Waals surface area contributed by atoms with E-state index in [-0.39, 0.29) is 28.5 Å². The molecular weight excluding hydrogens is 592 g/mol. The van der Waals surface area contributed by atoms with Crippen LogP contribution in [0.3, 0.4) is 0 Å². The van der Waals surface area contributed by atoms with Gasteiger partial charge in [0.05, 0.1) is 22.0 Å². The van der Waals surface area contributed by atoms with E-state index in [4.69, 9.17) is 10.6 Å². The largest absolute Gasteiger partial charge is 0.507 e. The number of aryl methyl sites for hydroxylation is 1. The number of nitrogen functional groups attached to an aromatic ring is 1. The van der Waals surface area contributed by atoms with Crippen LogP contribution in [0.2, 0.25) is 0 Å². The minimum absolute atomic E-state index is 0.0562. The average Bonchev–Trinajstić information content (AvgIpc) is 3.26. The summed E-state index contributed by atoms with van der Waals surface area (Å²) in [6.07, 6.45) is 2.50. The Labute approximate surface area is 263 Å². The number of azo groups is 1. The first-order valence-corrected chi connectivity index (χ1v) is 16.6. The Balaban J connectivity index is 1.42. The number of esters is 1. The van der Waals surface area contributed by atoms with Crippen LogP contribution in [-0.2, 0) is 19.6 Å². The number of anilines is 1. The topological polar surface area (TPSA) is 152 Å². The maximum atomic E-state index is 14.1. The predicted molar refractivity (Wildman–Crippen MR) is 174 cm³/mol.